The van der Waals surface area contributed by atoms with E-state index in [1.54, 1.807) is 23.2 Å². The Labute approximate surface area is 186 Å². The van der Waals surface area contributed by atoms with Gasteiger partial charge in [0.1, 0.15) is 0 Å². The Morgan fingerprint density at radius 3 is 2.62 bits per heavy atom. The molecule has 2 N–H and O–H groups in total. The van der Waals surface area contributed by atoms with E-state index in [-0.39, 0.29) is 18.0 Å². The highest BCUT2D eigenvalue weighted by atomic mass is 16.3. The van der Waals surface area contributed by atoms with Crippen LogP contribution in [-0.4, -0.2) is 27.9 Å². The first-order valence-corrected chi connectivity index (χ1v) is 10.8. The highest BCUT2D eigenvalue weighted by molar-refractivity contribution is 5.91. The zero-order valence-electron chi connectivity index (χ0n) is 17.6. The quantitative estimate of drug-likeness (QED) is 0.636. The van der Waals surface area contributed by atoms with Crippen LogP contribution in [0.2, 0.25) is 0 Å². The van der Waals surface area contributed by atoms with Crippen molar-refractivity contribution in [3.63, 3.8) is 0 Å². The molecule has 0 saturated heterocycles. The molecule has 3 aromatic rings. The normalized spacial score (nSPS) is 17.4. The van der Waals surface area contributed by atoms with E-state index in [9.17, 15) is 9.59 Å². The number of pyridine rings is 1. The lowest BCUT2D eigenvalue weighted by Crippen LogP contribution is -2.35. The number of rotatable bonds is 4. The molecule has 1 aliphatic heterocycles. The van der Waals surface area contributed by atoms with Gasteiger partial charge >= 0.3 is 6.03 Å². The highest BCUT2D eigenvalue weighted by Gasteiger charge is 2.23. The number of carbonyl (C=O) groups is 2. The van der Waals surface area contributed by atoms with E-state index in [1.165, 1.54) is 11.8 Å². The van der Waals surface area contributed by atoms with Gasteiger partial charge in [0.05, 0.1) is 6.26 Å². The summed E-state index contributed by atoms with van der Waals surface area (Å²) in [6.07, 6.45) is 9.80. The summed E-state index contributed by atoms with van der Waals surface area (Å²) in [5.74, 6) is 0.168. The number of carbonyl (C=O) groups excluding carboxylic acids is 2. The molecular weight excluding hydrogens is 404 g/mol. The minimum atomic E-state index is -0.172. The van der Waals surface area contributed by atoms with Gasteiger partial charge in [0.2, 0.25) is 0 Å². The molecule has 162 valence electrons. The van der Waals surface area contributed by atoms with Crippen LogP contribution in [-0.2, 0) is 13.1 Å². The number of hydrogen-bond acceptors (Lipinski definition) is 4. The van der Waals surface area contributed by atoms with Crippen molar-refractivity contribution in [1.82, 2.24) is 15.2 Å². The zero-order chi connectivity index (χ0) is 21.9. The molecule has 2 aromatic heterocycles. The molecule has 2 aliphatic rings. The van der Waals surface area contributed by atoms with Crippen LogP contribution in [0.5, 0.6) is 0 Å². The van der Waals surface area contributed by atoms with E-state index in [1.807, 2.05) is 36.5 Å². The largest absolute Gasteiger partial charge is 0.459 e. The Morgan fingerprint density at radius 1 is 1.06 bits per heavy atom. The predicted octanol–water partition coefficient (Wildman–Crippen LogP) is 4.59. The Balaban J connectivity index is 1.15. The summed E-state index contributed by atoms with van der Waals surface area (Å²) >= 11 is 0. The minimum absolute atomic E-state index is 0.106. The monoisotopic (exact) mass is 428 g/mol. The van der Waals surface area contributed by atoms with Crippen LogP contribution >= 0.6 is 0 Å². The van der Waals surface area contributed by atoms with E-state index < -0.39 is 0 Å². The third kappa shape index (κ3) is 4.27. The van der Waals surface area contributed by atoms with Crippen LogP contribution in [0.4, 0.5) is 10.5 Å². The van der Waals surface area contributed by atoms with Gasteiger partial charge in [0.15, 0.2) is 5.76 Å². The van der Waals surface area contributed by atoms with Crippen molar-refractivity contribution in [1.29, 1.82) is 0 Å². The Hall–Kier alpha value is -3.87. The second-order valence-electron chi connectivity index (χ2n) is 8.16. The van der Waals surface area contributed by atoms with Gasteiger partial charge in [-0.1, -0.05) is 18.2 Å². The first-order chi connectivity index (χ1) is 15.7. The molecule has 3 heterocycles. The number of allylic oxidation sites excluding steroid dienone is 1. The molecule has 5 rings (SSSR count). The second-order valence-corrected chi connectivity index (χ2v) is 8.16. The maximum absolute atomic E-state index is 12.6. The van der Waals surface area contributed by atoms with Gasteiger partial charge in [0.25, 0.3) is 5.91 Å². The van der Waals surface area contributed by atoms with Gasteiger partial charge < -0.3 is 20.0 Å². The number of anilines is 1. The van der Waals surface area contributed by atoms with Crippen LogP contribution in [0, 0.1) is 0 Å². The molecule has 0 saturated carbocycles. The molecule has 0 spiro atoms. The predicted molar refractivity (Wildman–Crippen MR) is 121 cm³/mol. The van der Waals surface area contributed by atoms with Crippen LogP contribution < -0.4 is 10.6 Å². The van der Waals surface area contributed by atoms with Crippen LogP contribution in [0.15, 0.2) is 71.6 Å². The standard InChI is InChI=1S/C25H24N4O3/c30-24(23-2-1-13-32-23)27-21-7-3-17(4-8-21)18-5-9-22(10-6-18)28-25(31)29-15-19-11-12-26-14-20(19)16-29/h1-3,5-6,9-14,21H,4,7-8,15-16H2,(H,27,30)(H,28,31). The third-order valence-electron chi connectivity index (χ3n) is 6.01. The van der Waals surface area contributed by atoms with Gasteiger partial charge in [-0.15, -0.1) is 0 Å². The van der Waals surface area contributed by atoms with Gasteiger partial charge in [-0.2, -0.15) is 0 Å². The Morgan fingerprint density at radius 2 is 1.91 bits per heavy atom. The number of aromatic nitrogens is 1. The van der Waals surface area contributed by atoms with Gasteiger partial charge in [-0.05, 0) is 71.9 Å². The van der Waals surface area contributed by atoms with E-state index in [4.69, 9.17) is 4.42 Å². The summed E-state index contributed by atoms with van der Waals surface area (Å²) in [6, 6.07) is 13.3. The summed E-state index contributed by atoms with van der Waals surface area (Å²) in [7, 11) is 0. The van der Waals surface area contributed by atoms with Crippen LogP contribution in [0.25, 0.3) is 5.57 Å². The number of nitrogens with zero attached hydrogens (tertiary/aromatic N) is 2. The molecule has 1 aliphatic carbocycles. The summed E-state index contributed by atoms with van der Waals surface area (Å²) in [5, 5.41) is 6.01. The Kier molecular flexibility index (Phi) is 5.46. The zero-order valence-corrected chi connectivity index (χ0v) is 17.6. The topological polar surface area (TPSA) is 87.5 Å². The molecule has 1 atom stereocenters. The molecule has 0 fully saturated rings. The molecule has 1 unspecified atom stereocenters. The first kappa shape index (κ1) is 20.1. The maximum atomic E-state index is 12.6. The molecule has 3 amide bonds. The number of benzene rings is 1. The lowest BCUT2D eigenvalue weighted by molar-refractivity contribution is 0.0907. The van der Waals surface area contributed by atoms with E-state index in [0.29, 0.717) is 18.8 Å². The lowest BCUT2D eigenvalue weighted by atomic mass is 9.90. The molecule has 32 heavy (non-hydrogen) atoms. The van der Waals surface area contributed by atoms with Crippen molar-refractivity contribution in [3.8, 4) is 0 Å². The molecular formula is C25H24N4O3. The number of amides is 3. The highest BCUT2D eigenvalue weighted by Crippen LogP contribution is 2.28. The summed E-state index contributed by atoms with van der Waals surface area (Å²) in [5.41, 5.74) is 5.41. The minimum Gasteiger partial charge on any atom is -0.459 e. The Bertz CT molecular complexity index is 1130. The van der Waals surface area contributed by atoms with Crippen LogP contribution in [0.3, 0.4) is 0 Å². The van der Waals surface area contributed by atoms with Crippen molar-refractivity contribution < 1.29 is 14.0 Å². The average molecular weight is 428 g/mol. The molecule has 1 aromatic carbocycles. The number of nitrogens with one attached hydrogen (secondary N) is 2. The van der Waals surface area contributed by atoms with Crippen molar-refractivity contribution in [2.45, 2.75) is 38.4 Å². The van der Waals surface area contributed by atoms with Crippen molar-refractivity contribution in [3.05, 3.63) is 89.6 Å². The summed E-state index contributed by atoms with van der Waals surface area (Å²) in [4.78, 5) is 30.7. The van der Waals surface area contributed by atoms with Crippen molar-refractivity contribution in [2.75, 3.05) is 5.32 Å². The lowest BCUT2D eigenvalue weighted by Gasteiger charge is -2.23. The van der Waals surface area contributed by atoms with Gasteiger partial charge in [-0.25, -0.2) is 4.79 Å². The fourth-order valence-electron chi connectivity index (χ4n) is 4.23. The fraction of sp³-hybridized carbons (Fsp3) is 0.240. The SMILES string of the molecule is O=C(NC1CC=C(c2ccc(NC(=O)N3Cc4ccncc4C3)cc2)CC1)c1ccco1. The van der Waals surface area contributed by atoms with Gasteiger partial charge in [-0.3, -0.25) is 9.78 Å². The number of fused-ring (bicyclic) bond motifs is 1. The van der Waals surface area contributed by atoms with Crippen LogP contribution in [0.1, 0.15) is 46.5 Å². The number of hydrogen-bond donors (Lipinski definition) is 2. The fourth-order valence-corrected chi connectivity index (χ4v) is 4.23. The average Bonchev–Trinajstić information content (AvgIpc) is 3.50. The van der Waals surface area contributed by atoms with E-state index in [0.717, 1.165) is 41.6 Å². The molecule has 0 bridgehead atoms. The molecule has 7 heteroatoms. The second kappa shape index (κ2) is 8.70. The number of urea groups is 1. The smallest absolute Gasteiger partial charge is 0.322 e. The molecule has 0 radical (unpaired) electrons. The molecule has 7 nitrogen and oxygen atoms in total. The summed E-state index contributed by atoms with van der Waals surface area (Å²) in [6.45, 7) is 1.18. The number of furan rings is 1. The maximum Gasteiger partial charge on any atom is 0.322 e. The van der Waals surface area contributed by atoms with E-state index in [2.05, 4.69) is 21.7 Å². The van der Waals surface area contributed by atoms with Gasteiger partial charge in [0, 0.05) is 37.2 Å². The van der Waals surface area contributed by atoms with Crippen molar-refractivity contribution in [2.24, 2.45) is 0 Å². The summed E-state index contributed by atoms with van der Waals surface area (Å²) < 4.78 is 5.15. The van der Waals surface area contributed by atoms with E-state index >= 15 is 0 Å². The third-order valence-corrected chi connectivity index (χ3v) is 6.01. The van der Waals surface area contributed by atoms with Crippen molar-refractivity contribution >= 4 is 23.2 Å². The first-order valence-electron chi connectivity index (χ1n) is 10.8.